The van der Waals surface area contributed by atoms with Crippen molar-refractivity contribution in [2.45, 2.75) is 64.1 Å². The second kappa shape index (κ2) is 6.01. The van der Waals surface area contributed by atoms with Crippen LogP contribution >= 0.6 is 15.9 Å². The van der Waals surface area contributed by atoms with Crippen LogP contribution in [0.2, 0.25) is 0 Å². The van der Waals surface area contributed by atoms with Crippen molar-refractivity contribution in [3.05, 3.63) is 15.9 Å². The van der Waals surface area contributed by atoms with E-state index in [0.29, 0.717) is 11.6 Å². The number of nitrogens with zero attached hydrogens (tertiary/aromatic N) is 3. The summed E-state index contributed by atoms with van der Waals surface area (Å²) in [6.45, 7) is 7.75. The third kappa shape index (κ3) is 3.06. The molecule has 21 heavy (non-hydrogen) atoms. The molecule has 118 valence electrons. The van der Waals surface area contributed by atoms with Crippen LogP contribution in [0.25, 0.3) is 0 Å². The first-order chi connectivity index (χ1) is 10.0. The van der Waals surface area contributed by atoms with E-state index < -0.39 is 0 Å². The van der Waals surface area contributed by atoms with Gasteiger partial charge in [0.25, 0.3) is 0 Å². The first-order valence-corrected chi connectivity index (χ1v) is 8.97. The molecule has 2 heterocycles. The lowest BCUT2D eigenvalue weighted by molar-refractivity contribution is 0.156. The Bertz CT molecular complexity index is 505. The standard InChI is InChI=1S/C16H27BrN4/c1-12-6-9-18-16(7-4-5-8-16)11-21(12)10-14-15(17)13(2)19-20(14)3/h12,18H,4-11H2,1-3H3. The third-order valence-electron chi connectivity index (χ3n) is 5.37. The Morgan fingerprint density at radius 1 is 1.38 bits per heavy atom. The van der Waals surface area contributed by atoms with Gasteiger partial charge in [0.05, 0.1) is 15.9 Å². The molecular formula is C16H27BrN4. The summed E-state index contributed by atoms with van der Waals surface area (Å²) in [6, 6.07) is 0.625. The summed E-state index contributed by atoms with van der Waals surface area (Å²) in [5.41, 5.74) is 2.75. The van der Waals surface area contributed by atoms with Crippen LogP contribution in [0.5, 0.6) is 0 Å². The average Bonchev–Trinajstić information content (AvgIpc) is 2.93. The zero-order valence-electron chi connectivity index (χ0n) is 13.5. The van der Waals surface area contributed by atoms with Crippen molar-refractivity contribution in [2.24, 2.45) is 7.05 Å². The minimum Gasteiger partial charge on any atom is -0.310 e. The molecule has 1 saturated carbocycles. The summed E-state index contributed by atoms with van der Waals surface area (Å²) in [4.78, 5) is 2.66. The molecule has 5 heteroatoms. The molecule has 1 aliphatic heterocycles. The van der Waals surface area contributed by atoms with Crippen LogP contribution in [0.4, 0.5) is 0 Å². The van der Waals surface area contributed by atoms with E-state index in [1.807, 2.05) is 4.68 Å². The number of rotatable bonds is 2. The Hall–Kier alpha value is -0.390. The van der Waals surface area contributed by atoms with Crippen LogP contribution < -0.4 is 5.32 Å². The average molecular weight is 355 g/mol. The Morgan fingerprint density at radius 2 is 2.10 bits per heavy atom. The summed E-state index contributed by atoms with van der Waals surface area (Å²) in [5.74, 6) is 0. The second-order valence-electron chi connectivity index (χ2n) is 6.93. The Kier molecular flexibility index (Phi) is 4.44. The molecule has 1 aromatic rings. The molecule has 1 spiro atoms. The van der Waals surface area contributed by atoms with Crippen molar-refractivity contribution < 1.29 is 0 Å². The molecule has 1 N–H and O–H groups in total. The quantitative estimate of drug-likeness (QED) is 0.886. The van der Waals surface area contributed by atoms with Crippen molar-refractivity contribution in [3.63, 3.8) is 0 Å². The number of aromatic nitrogens is 2. The molecule has 0 amide bonds. The van der Waals surface area contributed by atoms with Gasteiger partial charge in [-0.2, -0.15) is 5.10 Å². The monoisotopic (exact) mass is 354 g/mol. The van der Waals surface area contributed by atoms with E-state index >= 15 is 0 Å². The predicted octanol–water partition coefficient (Wildman–Crippen LogP) is 2.99. The highest BCUT2D eigenvalue weighted by Gasteiger charge is 2.38. The van der Waals surface area contributed by atoms with E-state index in [2.05, 4.69) is 52.1 Å². The summed E-state index contributed by atoms with van der Waals surface area (Å²) >= 11 is 3.72. The molecule has 1 aliphatic carbocycles. The van der Waals surface area contributed by atoms with Gasteiger partial charge in [0.2, 0.25) is 0 Å². The first kappa shape index (κ1) is 15.5. The fourth-order valence-corrected chi connectivity index (χ4v) is 4.43. The largest absolute Gasteiger partial charge is 0.310 e. The molecule has 4 nitrogen and oxygen atoms in total. The first-order valence-electron chi connectivity index (χ1n) is 8.18. The summed E-state index contributed by atoms with van der Waals surface area (Å²) in [6.07, 6.45) is 6.66. The molecule has 2 fully saturated rings. The molecular weight excluding hydrogens is 328 g/mol. The highest BCUT2D eigenvalue weighted by Crippen LogP contribution is 2.34. The predicted molar refractivity (Wildman–Crippen MR) is 89.3 cm³/mol. The molecule has 0 radical (unpaired) electrons. The van der Waals surface area contributed by atoms with E-state index in [1.165, 1.54) is 48.8 Å². The summed E-state index contributed by atoms with van der Waals surface area (Å²) < 4.78 is 3.21. The van der Waals surface area contributed by atoms with E-state index in [4.69, 9.17) is 0 Å². The van der Waals surface area contributed by atoms with E-state index in [-0.39, 0.29) is 0 Å². The van der Waals surface area contributed by atoms with Gasteiger partial charge >= 0.3 is 0 Å². The minimum absolute atomic E-state index is 0.366. The SMILES string of the molecule is Cc1nn(C)c(CN2CC3(CCCC3)NCCC2C)c1Br. The number of halogens is 1. The lowest BCUT2D eigenvalue weighted by Gasteiger charge is -2.35. The van der Waals surface area contributed by atoms with Crippen molar-refractivity contribution >= 4 is 15.9 Å². The van der Waals surface area contributed by atoms with Crippen molar-refractivity contribution in [2.75, 3.05) is 13.1 Å². The van der Waals surface area contributed by atoms with Crippen LogP contribution in [0.1, 0.15) is 50.4 Å². The molecule has 3 rings (SSSR count). The summed E-state index contributed by atoms with van der Waals surface area (Å²) in [5, 5.41) is 8.40. The third-order valence-corrected chi connectivity index (χ3v) is 6.40. The number of hydrogen-bond donors (Lipinski definition) is 1. The van der Waals surface area contributed by atoms with E-state index in [9.17, 15) is 0 Å². The van der Waals surface area contributed by atoms with Crippen molar-refractivity contribution in [3.8, 4) is 0 Å². The second-order valence-corrected chi connectivity index (χ2v) is 7.72. The lowest BCUT2D eigenvalue weighted by Crippen LogP contribution is -2.50. The molecule has 1 aromatic heterocycles. The zero-order chi connectivity index (χ0) is 15.0. The highest BCUT2D eigenvalue weighted by atomic mass is 79.9. The smallest absolute Gasteiger partial charge is 0.0739 e. The van der Waals surface area contributed by atoms with Gasteiger partial charge in [-0.05, 0) is 55.6 Å². The molecule has 0 aromatic carbocycles. The van der Waals surface area contributed by atoms with Gasteiger partial charge < -0.3 is 5.32 Å². The van der Waals surface area contributed by atoms with Gasteiger partial charge in [-0.1, -0.05) is 12.8 Å². The maximum atomic E-state index is 4.54. The maximum Gasteiger partial charge on any atom is 0.0739 e. The van der Waals surface area contributed by atoms with Gasteiger partial charge in [0, 0.05) is 31.7 Å². The Morgan fingerprint density at radius 3 is 2.71 bits per heavy atom. The molecule has 0 bridgehead atoms. The molecule has 1 unspecified atom stereocenters. The zero-order valence-corrected chi connectivity index (χ0v) is 15.0. The molecule has 2 aliphatic rings. The highest BCUT2D eigenvalue weighted by molar-refractivity contribution is 9.10. The summed E-state index contributed by atoms with van der Waals surface area (Å²) in [7, 11) is 2.05. The van der Waals surface area contributed by atoms with Crippen molar-refractivity contribution in [1.82, 2.24) is 20.0 Å². The topological polar surface area (TPSA) is 33.1 Å². The lowest BCUT2D eigenvalue weighted by atomic mass is 9.97. The normalized spacial score (nSPS) is 26.4. The van der Waals surface area contributed by atoms with Gasteiger partial charge in [0.15, 0.2) is 0 Å². The van der Waals surface area contributed by atoms with Gasteiger partial charge in [-0.3, -0.25) is 9.58 Å². The number of hydrogen-bond acceptors (Lipinski definition) is 3. The van der Waals surface area contributed by atoms with E-state index in [0.717, 1.165) is 18.8 Å². The fraction of sp³-hybridized carbons (Fsp3) is 0.812. The van der Waals surface area contributed by atoms with Crippen LogP contribution in [-0.4, -0.2) is 39.4 Å². The van der Waals surface area contributed by atoms with Crippen LogP contribution in [0.15, 0.2) is 4.47 Å². The van der Waals surface area contributed by atoms with Crippen LogP contribution in [-0.2, 0) is 13.6 Å². The minimum atomic E-state index is 0.366. The Balaban J connectivity index is 1.81. The van der Waals surface area contributed by atoms with Gasteiger partial charge in [0.1, 0.15) is 0 Å². The fourth-order valence-electron chi connectivity index (χ4n) is 3.97. The molecule has 1 atom stereocenters. The van der Waals surface area contributed by atoms with Crippen LogP contribution in [0.3, 0.4) is 0 Å². The van der Waals surface area contributed by atoms with Gasteiger partial charge in [-0.15, -0.1) is 0 Å². The van der Waals surface area contributed by atoms with Crippen molar-refractivity contribution in [1.29, 1.82) is 0 Å². The number of nitrogens with one attached hydrogen (secondary N) is 1. The van der Waals surface area contributed by atoms with E-state index in [1.54, 1.807) is 0 Å². The van der Waals surface area contributed by atoms with Gasteiger partial charge in [-0.25, -0.2) is 0 Å². The van der Waals surface area contributed by atoms with Crippen LogP contribution in [0, 0.1) is 6.92 Å². The Labute approximate surface area is 136 Å². The molecule has 1 saturated heterocycles. The maximum absolute atomic E-state index is 4.54. The number of aryl methyl sites for hydroxylation is 2.